The maximum Gasteiger partial charge on any atom is 0.246 e. The van der Waals surface area contributed by atoms with E-state index < -0.39 is 0 Å². The lowest BCUT2D eigenvalue weighted by molar-refractivity contribution is -0.129. The number of nitrogens with zero attached hydrogens (tertiary/aromatic N) is 2. The fourth-order valence-electron chi connectivity index (χ4n) is 2.27. The van der Waals surface area contributed by atoms with Gasteiger partial charge in [0.1, 0.15) is 16.7 Å². The number of halogens is 1. The molecule has 1 aromatic carbocycles. The van der Waals surface area contributed by atoms with Gasteiger partial charge >= 0.3 is 0 Å². The van der Waals surface area contributed by atoms with E-state index in [1.165, 1.54) is 40.1 Å². The minimum atomic E-state index is -0.340. The molecule has 0 spiro atoms. The summed E-state index contributed by atoms with van der Waals surface area (Å²) in [6, 6.07) is 6.25. The van der Waals surface area contributed by atoms with Gasteiger partial charge in [0.15, 0.2) is 5.13 Å². The Labute approximate surface area is 157 Å². The predicted octanol–water partition coefficient (Wildman–Crippen LogP) is 3.06. The molecule has 2 amide bonds. The van der Waals surface area contributed by atoms with Crippen LogP contribution >= 0.6 is 35.3 Å². The highest BCUT2D eigenvalue weighted by Crippen LogP contribution is 2.27. The molecule has 1 saturated heterocycles. The molecule has 0 aliphatic carbocycles. The Morgan fingerprint density at radius 1 is 1.40 bits per heavy atom. The minimum Gasteiger partial charge on any atom is -0.300 e. The van der Waals surface area contributed by atoms with Crippen molar-refractivity contribution in [3.05, 3.63) is 46.7 Å². The van der Waals surface area contributed by atoms with Crippen LogP contribution in [-0.2, 0) is 16.0 Å². The molecule has 25 heavy (non-hydrogen) atoms. The van der Waals surface area contributed by atoms with E-state index in [1.807, 2.05) is 0 Å². The average Bonchev–Trinajstić information content (AvgIpc) is 3.09. The van der Waals surface area contributed by atoms with Gasteiger partial charge in [-0.25, -0.2) is 9.37 Å². The fourth-order valence-corrected chi connectivity index (χ4v) is 4.53. The normalized spacial score (nSPS) is 17.2. The van der Waals surface area contributed by atoms with E-state index >= 15 is 0 Å². The van der Waals surface area contributed by atoms with Crippen molar-refractivity contribution in [1.29, 1.82) is 0 Å². The van der Waals surface area contributed by atoms with Crippen LogP contribution in [0.15, 0.2) is 30.5 Å². The molecule has 130 valence electrons. The van der Waals surface area contributed by atoms with Crippen LogP contribution in [0.25, 0.3) is 0 Å². The molecule has 1 fully saturated rings. The topological polar surface area (TPSA) is 62.3 Å². The molecule has 1 atom stereocenters. The summed E-state index contributed by atoms with van der Waals surface area (Å²) in [6.07, 6.45) is 2.28. The van der Waals surface area contributed by atoms with Crippen molar-refractivity contribution in [2.24, 2.45) is 0 Å². The molecule has 0 saturated carbocycles. The number of carbonyl (C=O) groups excluding carboxylic acids is 2. The molecule has 5 nitrogen and oxygen atoms in total. The molecule has 1 unspecified atom stereocenters. The lowest BCUT2D eigenvalue weighted by Gasteiger charge is -2.13. The number of benzene rings is 1. The Hall–Kier alpha value is -1.84. The van der Waals surface area contributed by atoms with E-state index in [2.05, 4.69) is 10.3 Å². The number of carbonyl (C=O) groups is 2. The highest BCUT2D eigenvalue weighted by atomic mass is 32.2. The van der Waals surface area contributed by atoms with E-state index in [0.29, 0.717) is 15.9 Å². The van der Waals surface area contributed by atoms with Gasteiger partial charge in [0.05, 0.1) is 5.25 Å². The molecular formula is C16H14FN3O2S3. The molecule has 3 rings (SSSR count). The minimum absolute atomic E-state index is 0.109. The summed E-state index contributed by atoms with van der Waals surface area (Å²) < 4.78 is 13.3. The molecule has 1 aromatic heterocycles. The number of thioether (sulfide) groups is 1. The number of hydrogen-bond acceptors (Lipinski definition) is 6. The van der Waals surface area contributed by atoms with Gasteiger partial charge in [0.25, 0.3) is 0 Å². The molecule has 0 bridgehead atoms. The van der Waals surface area contributed by atoms with Gasteiger partial charge in [0, 0.05) is 17.5 Å². The van der Waals surface area contributed by atoms with Crippen LogP contribution in [0.5, 0.6) is 0 Å². The molecular weight excluding hydrogens is 381 g/mol. The number of amides is 2. The second-order valence-electron chi connectivity index (χ2n) is 5.43. The van der Waals surface area contributed by atoms with Gasteiger partial charge < -0.3 is 5.32 Å². The van der Waals surface area contributed by atoms with Crippen molar-refractivity contribution in [3.63, 3.8) is 0 Å². The van der Waals surface area contributed by atoms with Crippen LogP contribution in [0, 0.1) is 5.82 Å². The number of nitrogens with one attached hydrogen (secondary N) is 1. The predicted molar refractivity (Wildman–Crippen MR) is 101 cm³/mol. The van der Waals surface area contributed by atoms with Gasteiger partial charge in [-0.3, -0.25) is 14.5 Å². The zero-order valence-electron chi connectivity index (χ0n) is 13.2. The number of hydrogen-bond donors (Lipinski definition) is 1. The lowest BCUT2D eigenvalue weighted by atomic mass is 10.1. The summed E-state index contributed by atoms with van der Waals surface area (Å²) in [5.41, 5.74) is 0.960. The molecule has 2 heterocycles. The standard InChI is InChI=1S/C16H14FN3O2S3/c1-9-14(22)20(16(23)24-9)8-13(21)19-15-18-7-12(25-15)6-10-2-4-11(17)5-3-10/h2-5,7,9H,6,8H2,1H3,(H,18,19,21). The lowest BCUT2D eigenvalue weighted by Crippen LogP contribution is -2.37. The van der Waals surface area contributed by atoms with E-state index in [1.54, 1.807) is 25.3 Å². The largest absolute Gasteiger partial charge is 0.300 e. The van der Waals surface area contributed by atoms with Crippen LogP contribution in [0.2, 0.25) is 0 Å². The van der Waals surface area contributed by atoms with Crippen LogP contribution in [0.3, 0.4) is 0 Å². The highest BCUT2D eigenvalue weighted by Gasteiger charge is 2.34. The third-order valence-corrected chi connectivity index (χ3v) is 5.90. The molecule has 2 aromatic rings. The average molecular weight is 396 g/mol. The number of aromatic nitrogens is 1. The summed E-state index contributed by atoms with van der Waals surface area (Å²) in [5.74, 6) is -0.766. The molecule has 1 aliphatic heterocycles. The third-order valence-electron chi connectivity index (χ3n) is 3.51. The second-order valence-corrected chi connectivity index (χ2v) is 8.52. The van der Waals surface area contributed by atoms with Crippen molar-refractivity contribution in [2.75, 3.05) is 11.9 Å². The quantitative estimate of drug-likeness (QED) is 0.789. The van der Waals surface area contributed by atoms with Gasteiger partial charge in [-0.05, 0) is 24.6 Å². The summed E-state index contributed by atoms with van der Waals surface area (Å²) in [5, 5.41) is 2.90. The van der Waals surface area contributed by atoms with Gasteiger partial charge in [-0.15, -0.1) is 11.3 Å². The van der Waals surface area contributed by atoms with E-state index in [9.17, 15) is 14.0 Å². The SMILES string of the molecule is CC1SC(=S)N(CC(=O)Nc2ncc(Cc3ccc(F)cc3)s2)C1=O. The zero-order chi connectivity index (χ0) is 18.0. The van der Waals surface area contributed by atoms with Gasteiger partial charge in [0.2, 0.25) is 11.8 Å². The monoisotopic (exact) mass is 395 g/mol. The van der Waals surface area contributed by atoms with Crippen molar-refractivity contribution in [2.45, 2.75) is 18.6 Å². The van der Waals surface area contributed by atoms with Crippen molar-refractivity contribution >= 4 is 56.6 Å². The zero-order valence-corrected chi connectivity index (χ0v) is 15.6. The molecule has 1 N–H and O–H groups in total. The summed E-state index contributed by atoms with van der Waals surface area (Å²) in [4.78, 5) is 30.5. The molecule has 9 heteroatoms. The summed E-state index contributed by atoms with van der Waals surface area (Å²) in [7, 11) is 0. The maximum absolute atomic E-state index is 12.9. The Bertz CT molecular complexity index is 822. The van der Waals surface area contributed by atoms with Gasteiger partial charge in [-0.2, -0.15) is 0 Å². The van der Waals surface area contributed by atoms with Crippen molar-refractivity contribution in [3.8, 4) is 0 Å². The number of thiocarbonyl (C=S) groups is 1. The first kappa shape index (κ1) is 18.0. The van der Waals surface area contributed by atoms with E-state index in [4.69, 9.17) is 12.2 Å². The van der Waals surface area contributed by atoms with Gasteiger partial charge in [-0.1, -0.05) is 36.1 Å². The maximum atomic E-state index is 12.9. The Morgan fingerprint density at radius 3 is 2.76 bits per heavy atom. The van der Waals surface area contributed by atoms with E-state index in [0.717, 1.165) is 10.4 Å². The third kappa shape index (κ3) is 4.42. The summed E-state index contributed by atoms with van der Waals surface area (Å²) in [6.45, 7) is 1.65. The molecule has 0 radical (unpaired) electrons. The Kier molecular flexibility index (Phi) is 5.45. The molecule has 1 aliphatic rings. The first-order valence-corrected chi connectivity index (χ1v) is 9.54. The van der Waals surface area contributed by atoms with Crippen molar-refractivity contribution < 1.29 is 14.0 Å². The Morgan fingerprint density at radius 2 is 2.12 bits per heavy atom. The second kappa shape index (κ2) is 7.59. The summed E-state index contributed by atoms with van der Waals surface area (Å²) >= 11 is 7.73. The van der Waals surface area contributed by atoms with Crippen LogP contribution in [0.4, 0.5) is 9.52 Å². The number of thiazole rings is 1. The van der Waals surface area contributed by atoms with Crippen LogP contribution < -0.4 is 5.32 Å². The first-order chi connectivity index (χ1) is 11.9. The van der Waals surface area contributed by atoms with Crippen LogP contribution in [0.1, 0.15) is 17.4 Å². The van der Waals surface area contributed by atoms with Crippen LogP contribution in [-0.4, -0.2) is 37.8 Å². The number of anilines is 1. The fraction of sp³-hybridized carbons (Fsp3) is 0.250. The van der Waals surface area contributed by atoms with Crippen molar-refractivity contribution in [1.82, 2.24) is 9.88 Å². The Balaban J connectivity index is 1.57. The van der Waals surface area contributed by atoms with E-state index in [-0.39, 0.29) is 29.4 Å². The highest BCUT2D eigenvalue weighted by molar-refractivity contribution is 8.24. The number of rotatable bonds is 5. The smallest absolute Gasteiger partial charge is 0.246 e. The first-order valence-electron chi connectivity index (χ1n) is 7.43.